The highest BCUT2D eigenvalue weighted by atomic mass is 15.3. The minimum atomic E-state index is 0.876. The number of likely N-dealkylation sites (tertiary alicyclic amines) is 1. The van der Waals surface area contributed by atoms with Crippen LogP contribution < -0.4 is 0 Å². The van der Waals surface area contributed by atoms with Crippen molar-refractivity contribution in [2.75, 3.05) is 45.8 Å². The van der Waals surface area contributed by atoms with Crippen molar-refractivity contribution >= 4 is 0 Å². The van der Waals surface area contributed by atoms with Gasteiger partial charge in [-0.3, -0.25) is 4.90 Å². The number of likely N-dealkylation sites (N-methyl/N-ethyl adjacent to an activating group) is 1. The fraction of sp³-hybridized carbons (Fsp3) is 1.00. The molecule has 2 heterocycles. The molecule has 3 fully saturated rings. The lowest BCUT2D eigenvalue weighted by molar-refractivity contribution is 0.0384. The molecule has 122 valence electrons. The number of piperazine rings is 1. The van der Waals surface area contributed by atoms with Gasteiger partial charge in [0.05, 0.1) is 0 Å². The first-order valence-corrected chi connectivity index (χ1v) is 9.46. The number of nitrogens with zero attached hydrogens (tertiary/aromatic N) is 3. The van der Waals surface area contributed by atoms with E-state index in [1.807, 2.05) is 0 Å². The molecule has 0 amide bonds. The van der Waals surface area contributed by atoms with Gasteiger partial charge >= 0.3 is 0 Å². The van der Waals surface area contributed by atoms with Crippen LogP contribution >= 0.6 is 0 Å². The van der Waals surface area contributed by atoms with Crippen molar-refractivity contribution < 1.29 is 0 Å². The van der Waals surface area contributed by atoms with Gasteiger partial charge in [0.25, 0.3) is 0 Å². The van der Waals surface area contributed by atoms with Gasteiger partial charge in [-0.05, 0) is 51.2 Å². The first-order chi connectivity index (χ1) is 10.3. The summed E-state index contributed by atoms with van der Waals surface area (Å²) < 4.78 is 0. The third-order valence-corrected chi connectivity index (χ3v) is 6.29. The van der Waals surface area contributed by atoms with Crippen molar-refractivity contribution in [3.8, 4) is 0 Å². The molecule has 3 heteroatoms. The van der Waals surface area contributed by atoms with Crippen molar-refractivity contribution in [2.45, 2.75) is 64.5 Å². The van der Waals surface area contributed by atoms with E-state index in [-0.39, 0.29) is 0 Å². The van der Waals surface area contributed by atoms with E-state index < -0.39 is 0 Å². The summed E-state index contributed by atoms with van der Waals surface area (Å²) in [5.41, 5.74) is 0. The molecular formula is C18H35N3. The van der Waals surface area contributed by atoms with Crippen LogP contribution in [-0.2, 0) is 0 Å². The molecule has 0 aromatic heterocycles. The highest BCUT2D eigenvalue weighted by Crippen LogP contribution is 2.30. The van der Waals surface area contributed by atoms with E-state index in [1.165, 1.54) is 84.3 Å². The van der Waals surface area contributed by atoms with E-state index in [4.69, 9.17) is 0 Å². The Morgan fingerprint density at radius 3 is 2.05 bits per heavy atom. The minimum Gasteiger partial charge on any atom is -0.301 e. The summed E-state index contributed by atoms with van der Waals surface area (Å²) in [6.45, 7) is 13.9. The third-order valence-electron chi connectivity index (χ3n) is 6.29. The SMILES string of the molecule is CCN1CCN(C2CCN([C@H]3CCC[C@@H](C)C3)CC2)CC1. The first kappa shape index (κ1) is 15.8. The first-order valence-electron chi connectivity index (χ1n) is 9.46. The van der Waals surface area contributed by atoms with Crippen LogP contribution in [0, 0.1) is 5.92 Å². The molecule has 1 saturated carbocycles. The van der Waals surface area contributed by atoms with Gasteiger partial charge < -0.3 is 9.80 Å². The molecular weight excluding hydrogens is 258 g/mol. The average molecular weight is 293 g/mol. The van der Waals surface area contributed by atoms with Gasteiger partial charge in [-0.2, -0.15) is 0 Å². The Labute approximate surface area is 131 Å². The van der Waals surface area contributed by atoms with Crippen molar-refractivity contribution in [3.63, 3.8) is 0 Å². The van der Waals surface area contributed by atoms with Crippen LogP contribution in [0.3, 0.4) is 0 Å². The summed E-state index contributed by atoms with van der Waals surface area (Å²) >= 11 is 0. The van der Waals surface area contributed by atoms with E-state index in [1.54, 1.807) is 0 Å². The summed E-state index contributed by atoms with van der Waals surface area (Å²) in [5, 5.41) is 0. The van der Waals surface area contributed by atoms with Crippen LogP contribution in [0.2, 0.25) is 0 Å². The highest BCUT2D eigenvalue weighted by molar-refractivity contribution is 4.87. The van der Waals surface area contributed by atoms with Crippen LogP contribution in [-0.4, -0.2) is 72.6 Å². The lowest BCUT2D eigenvalue weighted by Crippen LogP contribution is -2.54. The second-order valence-corrected chi connectivity index (χ2v) is 7.66. The maximum absolute atomic E-state index is 2.83. The van der Waals surface area contributed by atoms with E-state index in [2.05, 4.69) is 28.5 Å². The van der Waals surface area contributed by atoms with Crippen molar-refractivity contribution in [1.82, 2.24) is 14.7 Å². The maximum Gasteiger partial charge on any atom is 0.0121 e. The Hall–Kier alpha value is -0.120. The lowest BCUT2D eigenvalue weighted by Gasteiger charge is -2.45. The monoisotopic (exact) mass is 293 g/mol. The van der Waals surface area contributed by atoms with Gasteiger partial charge in [-0.25, -0.2) is 0 Å². The molecule has 1 aliphatic carbocycles. The third kappa shape index (κ3) is 4.00. The quantitative estimate of drug-likeness (QED) is 0.792. The van der Waals surface area contributed by atoms with Gasteiger partial charge in [0.1, 0.15) is 0 Å². The van der Waals surface area contributed by atoms with Crippen molar-refractivity contribution in [1.29, 1.82) is 0 Å². The molecule has 2 atom stereocenters. The van der Waals surface area contributed by atoms with Crippen LogP contribution in [0.4, 0.5) is 0 Å². The zero-order valence-electron chi connectivity index (χ0n) is 14.3. The van der Waals surface area contributed by atoms with E-state index in [9.17, 15) is 0 Å². The standard InChI is InChI=1S/C18H35N3/c1-3-19-11-13-21(14-12-19)17-7-9-20(10-8-17)18-6-4-5-16(2)15-18/h16-18H,3-15H2,1-2H3/t16-,18+/m1/s1. The average Bonchev–Trinajstić information content (AvgIpc) is 2.55. The minimum absolute atomic E-state index is 0.876. The van der Waals surface area contributed by atoms with E-state index in [0.29, 0.717) is 0 Å². The van der Waals surface area contributed by atoms with E-state index >= 15 is 0 Å². The predicted octanol–water partition coefficient (Wildman–Crippen LogP) is 2.67. The molecule has 0 spiro atoms. The molecule has 0 radical (unpaired) electrons. The largest absolute Gasteiger partial charge is 0.301 e. The fourth-order valence-electron chi connectivity index (χ4n) is 4.79. The van der Waals surface area contributed by atoms with Crippen molar-refractivity contribution in [2.24, 2.45) is 5.92 Å². The summed E-state index contributed by atoms with van der Waals surface area (Å²) in [7, 11) is 0. The van der Waals surface area contributed by atoms with Gasteiger partial charge in [0.15, 0.2) is 0 Å². The molecule has 0 aromatic rings. The summed E-state index contributed by atoms with van der Waals surface area (Å²) in [6.07, 6.45) is 8.68. The molecule has 3 rings (SSSR count). The van der Waals surface area contributed by atoms with Crippen LogP contribution in [0.5, 0.6) is 0 Å². The molecule has 0 unspecified atom stereocenters. The summed E-state index contributed by atoms with van der Waals surface area (Å²) in [6, 6.07) is 1.79. The molecule has 2 aliphatic heterocycles. The van der Waals surface area contributed by atoms with Gasteiger partial charge in [-0.15, -0.1) is 0 Å². The summed E-state index contributed by atoms with van der Waals surface area (Å²) in [4.78, 5) is 8.20. The van der Waals surface area contributed by atoms with Crippen LogP contribution in [0.1, 0.15) is 52.4 Å². The molecule has 3 aliphatic rings. The van der Waals surface area contributed by atoms with E-state index in [0.717, 1.165) is 18.0 Å². The molecule has 21 heavy (non-hydrogen) atoms. The highest BCUT2D eigenvalue weighted by Gasteiger charge is 2.31. The number of hydrogen-bond acceptors (Lipinski definition) is 3. The molecule has 0 bridgehead atoms. The molecule has 0 aromatic carbocycles. The van der Waals surface area contributed by atoms with Crippen molar-refractivity contribution in [3.05, 3.63) is 0 Å². The van der Waals surface area contributed by atoms with Gasteiger partial charge in [-0.1, -0.05) is 26.7 Å². The topological polar surface area (TPSA) is 9.72 Å². The molecule has 2 saturated heterocycles. The Morgan fingerprint density at radius 1 is 0.762 bits per heavy atom. The predicted molar refractivity (Wildman–Crippen MR) is 89.7 cm³/mol. The number of hydrogen-bond donors (Lipinski definition) is 0. The van der Waals surface area contributed by atoms with Gasteiger partial charge in [0, 0.05) is 38.3 Å². The number of piperidine rings is 1. The Balaban J connectivity index is 1.43. The molecule has 3 nitrogen and oxygen atoms in total. The zero-order valence-corrected chi connectivity index (χ0v) is 14.3. The fourth-order valence-corrected chi connectivity index (χ4v) is 4.79. The lowest BCUT2D eigenvalue weighted by atomic mass is 9.85. The Morgan fingerprint density at radius 2 is 1.43 bits per heavy atom. The Bertz CT molecular complexity index is 304. The zero-order chi connectivity index (χ0) is 14.7. The summed E-state index contributed by atoms with van der Waals surface area (Å²) in [5.74, 6) is 0.962. The number of rotatable bonds is 3. The smallest absolute Gasteiger partial charge is 0.0121 e. The molecule has 0 N–H and O–H groups in total. The normalized spacial score (nSPS) is 35.1. The second-order valence-electron chi connectivity index (χ2n) is 7.66. The van der Waals surface area contributed by atoms with Crippen LogP contribution in [0.25, 0.3) is 0 Å². The maximum atomic E-state index is 2.83. The van der Waals surface area contributed by atoms with Crippen LogP contribution in [0.15, 0.2) is 0 Å². The second kappa shape index (κ2) is 7.43. The van der Waals surface area contributed by atoms with Gasteiger partial charge in [0.2, 0.25) is 0 Å². The Kier molecular flexibility index (Phi) is 5.58.